The first-order chi connectivity index (χ1) is 16.1. The molecule has 184 valence electrons. The van der Waals surface area contributed by atoms with Gasteiger partial charge in [0.1, 0.15) is 24.4 Å². The van der Waals surface area contributed by atoms with E-state index in [-0.39, 0.29) is 34.4 Å². The number of aliphatic hydroxyl groups excluding tert-OH is 1. The molecule has 13 heteroatoms. The number of aromatic carboxylic acids is 1. The lowest BCUT2D eigenvalue weighted by atomic mass is 10.1. The molecule has 5 N–H and O–H groups in total. The van der Waals surface area contributed by atoms with Gasteiger partial charge in [-0.3, -0.25) is 4.79 Å². The molecule has 12 nitrogen and oxygen atoms in total. The lowest BCUT2D eigenvalue weighted by molar-refractivity contribution is -0.145. The summed E-state index contributed by atoms with van der Waals surface area (Å²) in [5, 5.41) is 29.0. The third kappa shape index (κ3) is 5.15. The number of oxime groups is 1. The quantitative estimate of drug-likeness (QED) is 0.424. The number of carboxylic acids is 2. The van der Waals surface area contributed by atoms with E-state index in [1.54, 1.807) is 9.47 Å². The molecule has 2 atom stereocenters. The number of carbonyl (C=O) groups is 2. The minimum absolute atomic E-state index is 0.0339. The second-order valence-electron chi connectivity index (χ2n) is 8.07. The number of rotatable bonds is 6. The third-order valence-corrected chi connectivity index (χ3v) is 5.52. The van der Waals surface area contributed by atoms with Gasteiger partial charge in [-0.1, -0.05) is 5.16 Å². The molecule has 2 aliphatic rings. The van der Waals surface area contributed by atoms with Crippen LogP contribution in [-0.4, -0.2) is 75.4 Å². The zero-order chi connectivity index (χ0) is 25.2. The molecule has 2 aromatic rings. The summed E-state index contributed by atoms with van der Waals surface area (Å²) in [6.45, 7) is 2.27. The van der Waals surface area contributed by atoms with Gasteiger partial charge >= 0.3 is 11.9 Å². The molecule has 0 bridgehead atoms. The maximum absolute atomic E-state index is 14.9. The summed E-state index contributed by atoms with van der Waals surface area (Å²) in [6.07, 6.45) is 1.79. The Morgan fingerprint density at radius 1 is 1.38 bits per heavy atom. The average Bonchev–Trinajstić information content (AvgIpc) is 3.54. The van der Waals surface area contributed by atoms with Crippen molar-refractivity contribution in [3.8, 4) is 0 Å². The molecule has 1 saturated carbocycles. The maximum Gasteiger partial charge on any atom is 0.341 e. The fraction of sp³-hybridized carbons (Fsp3) is 0.476. The molecule has 1 aliphatic heterocycles. The number of pyridine rings is 2. The molecule has 0 radical (unpaired) electrons. The number of nitrogens with zero attached hydrogens (tertiary/aromatic N) is 4. The van der Waals surface area contributed by atoms with Crippen molar-refractivity contribution in [3.05, 3.63) is 33.9 Å². The predicted molar refractivity (Wildman–Crippen MR) is 120 cm³/mol. The van der Waals surface area contributed by atoms with E-state index < -0.39 is 29.3 Å². The van der Waals surface area contributed by atoms with E-state index in [2.05, 4.69) is 10.1 Å². The van der Waals surface area contributed by atoms with Gasteiger partial charge in [0.25, 0.3) is 0 Å². The van der Waals surface area contributed by atoms with Crippen LogP contribution in [0.25, 0.3) is 11.0 Å². The highest BCUT2D eigenvalue weighted by atomic mass is 19.1. The van der Waals surface area contributed by atoms with Crippen LogP contribution in [0, 0.1) is 11.7 Å². The second-order valence-corrected chi connectivity index (χ2v) is 8.07. The van der Waals surface area contributed by atoms with Crippen molar-refractivity contribution in [2.75, 3.05) is 31.6 Å². The number of carboxylic acid groups (broad SMARTS) is 2. The summed E-state index contributed by atoms with van der Waals surface area (Å²) in [7, 11) is 1.44. The van der Waals surface area contributed by atoms with Crippen LogP contribution in [-0.2, 0) is 9.63 Å². The monoisotopic (exact) mass is 479 g/mol. The zero-order valence-corrected chi connectivity index (χ0v) is 18.6. The van der Waals surface area contributed by atoms with E-state index in [4.69, 9.17) is 20.8 Å². The highest BCUT2D eigenvalue weighted by Crippen LogP contribution is 2.37. The number of fused-ring (bicyclic) bond motifs is 1. The SMILES string of the molecule is CC(O)C(=O)O.CON=C1CN(c2nc3c(cc2F)c(=O)c(C(=O)O)cn3C2CC2)C[C@@H]1CN. The maximum atomic E-state index is 14.9. The number of hydrogen-bond acceptors (Lipinski definition) is 9. The number of hydrogen-bond donors (Lipinski definition) is 4. The molecule has 34 heavy (non-hydrogen) atoms. The Morgan fingerprint density at radius 3 is 2.53 bits per heavy atom. The number of anilines is 1. The van der Waals surface area contributed by atoms with Crippen molar-refractivity contribution in [3.63, 3.8) is 0 Å². The van der Waals surface area contributed by atoms with Gasteiger partial charge in [0.2, 0.25) is 5.43 Å². The molecule has 1 unspecified atom stereocenters. The van der Waals surface area contributed by atoms with E-state index in [0.29, 0.717) is 25.3 Å². The van der Waals surface area contributed by atoms with Gasteiger partial charge in [-0.15, -0.1) is 0 Å². The Morgan fingerprint density at radius 2 is 2.03 bits per heavy atom. The summed E-state index contributed by atoms with van der Waals surface area (Å²) in [5.74, 6) is -3.21. The molecule has 1 aliphatic carbocycles. The van der Waals surface area contributed by atoms with Crippen molar-refractivity contribution in [2.45, 2.75) is 31.9 Å². The van der Waals surface area contributed by atoms with Crippen molar-refractivity contribution < 1.29 is 34.1 Å². The first kappa shape index (κ1) is 25.1. The van der Waals surface area contributed by atoms with Crippen LogP contribution in [0.3, 0.4) is 0 Å². The first-order valence-electron chi connectivity index (χ1n) is 10.5. The van der Waals surface area contributed by atoms with Gasteiger partial charge in [-0.25, -0.2) is 19.0 Å². The van der Waals surface area contributed by atoms with Crippen LogP contribution in [0.15, 0.2) is 22.2 Å². The molecule has 2 fully saturated rings. The van der Waals surface area contributed by atoms with Gasteiger partial charge in [-0.05, 0) is 25.8 Å². The average molecular weight is 479 g/mol. The minimum Gasteiger partial charge on any atom is -0.479 e. The van der Waals surface area contributed by atoms with Crippen molar-refractivity contribution in [1.29, 1.82) is 0 Å². The summed E-state index contributed by atoms with van der Waals surface area (Å²) < 4.78 is 16.5. The summed E-state index contributed by atoms with van der Waals surface area (Å²) >= 11 is 0. The summed E-state index contributed by atoms with van der Waals surface area (Å²) in [6, 6.07) is 1.14. The molecule has 0 aromatic carbocycles. The Hall–Kier alpha value is -3.58. The topological polar surface area (TPSA) is 181 Å². The van der Waals surface area contributed by atoms with E-state index in [1.807, 2.05) is 0 Å². The Balaban J connectivity index is 0.000000481. The van der Waals surface area contributed by atoms with Crippen LogP contribution in [0.2, 0.25) is 0 Å². The number of nitrogens with two attached hydrogens (primary N) is 1. The number of aromatic nitrogens is 2. The molecular formula is C21H26FN5O7. The number of aliphatic hydroxyl groups is 1. The second kappa shape index (κ2) is 10.1. The summed E-state index contributed by atoms with van der Waals surface area (Å²) in [5.41, 5.74) is 5.65. The third-order valence-electron chi connectivity index (χ3n) is 5.52. The summed E-state index contributed by atoms with van der Waals surface area (Å²) in [4.78, 5) is 44.4. The lowest BCUT2D eigenvalue weighted by Gasteiger charge is -2.19. The molecule has 3 heterocycles. The molecule has 0 amide bonds. The van der Waals surface area contributed by atoms with Crippen molar-refractivity contribution in [1.82, 2.24) is 9.55 Å². The number of halogens is 1. The number of aliphatic carboxylic acids is 1. The predicted octanol–water partition coefficient (Wildman–Crippen LogP) is 0.418. The smallest absolute Gasteiger partial charge is 0.341 e. The van der Waals surface area contributed by atoms with E-state index >= 15 is 0 Å². The van der Waals surface area contributed by atoms with Crippen LogP contribution >= 0.6 is 0 Å². The van der Waals surface area contributed by atoms with Gasteiger partial charge in [0.05, 0.1) is 17.6 Å². The molecule has 2 aromatic heterocycles. The van der Waals surface area contributed by atoms with Crippen LogP contribution < -0.4 is 16.1 Å². The standard InChI is InChI=1S/C18H20FN5O4.C3H6O3/c1-28-22-14-8-23(6-9(14)5-20)17-13(19)4-11-15(25)12(18(26)27)7-24(10-2-3-10)16(11)21-17;1-2(4)3(5)6/h4,7,9-10H,2-3,5-6,8,20H2,1H3,(H,26,27);2,4H,1H3,(H,5,6)/t9-;/m0./s1. The van der Waals surface area contributed by atoms with Crippen LogP contribution in [0.4, 0.5) is 10.2 Å². The van der Waals surface area contributed by atoms with Crippen molar-refractivity contribution in [2.24, 2.45) is 16.8 Å². The van der Waals surface area contributed by atoms with Gasteiger partial charge < -0.3 is 35.4 Å². The normalized spacial score (nSPS) is 19.6. The van der Waals surface area contributed by atoms with Crippen molar-refractivity contribution >= 4 is 34.5 Å². The Kier molecular flexibility index (Phi) is 7.47. The molecular weight excluding hydrogens is 453 g/mol. The van der Waals surface area contributed by atoms with Gasteiger partial charge in [-0.2, -0.15) is 0 Å². The van der Waals surface area contributed by atoms with Crippen LogP contribution in [0.5, 0.6) is 0 Å². The lowest BCUT2D eigenvalue weighted by Crippen LogP contribution is -2.26. The molecule has 4 rings (SSSR count). The van der Waals surface area contributed by atoms with E-state index in [1.165, 1.54) is 20.2 Å². The largest absolute Gasteiger partial charge is 0.479 e. The Labute approximate surface area is 193 Å². The minimum atomic E-state index is -1.34. The van der Waals surface area contributed by atoms with Gasteiger partial charge in [0, 0.05) is 31.2 Å². The fourth-order valence-corrected chi connectivity index (χ4v) is 3.60. The zero-order valence-electron chi connectivity index (χ0n) is 18.6. The van der Waals surface area contributed by atoms with Crippen LogP contribution in [0.1, 0.15) is 36.2 Å². The fourth-order valence-electron chi connectivity index (χ4n) is 3.60. The highest BCUT2D eigenvalue weighted by Gasteiger charge is 2.33. The Bertz CT molecular complexity index is 1190. The van der Waals surface area contributed by atoms with E-state index in [9.17, 15) is 23.9 Å². The molecule has 0 spiro atoms. The first-order valence-corrected chi connectivity index (χ1v) is 10.5. The van der Waals surface area contributed by atoms with E-state index in [0.717, 1.165) is 18.9 Å². The molecule has 1 saturated heterocycles. The highest BCUT2D eigenvalue weighted by molar-refractivity contribution is 5.95. The van der Waals surface area contributed by atoms with Gasteiger partial charge in [0.15, 0.2) is 11.6 Å².